The van der Waals surface area contributed by atoms with E-state index in [0.29, 0.717) is 11.3 Å². The van der Waals surface area contributed by atoms with Crippen molar-refractivity contribution in [3.63, 3.8) is 0 Å². The Labute approximate surface area is 86.9 Å². The van der Waals surface area contributed by atoms with E-state index >= 15 is 0 Å². The Hall–Kier alpha value is -0.850. The van der Waals surface area contributed by atoms with E-state index in [1.807, 2.05) is 0 Å². The van der Waals surface area contributed by atoms with Crippen LogP contribution in [0.4, 0.5) is 0 Å². The van der Waals surface area contributed by atoms with Crippen LogP contribution in [0.5, 0.6) is 0 Å². The van der Waals surface area contributed by atoms with Crippen LogP contribution in [0.15, 0.2) is 23.8 Å². The molecule has 0 aliphatic heterocycles. The van der Waals surface area contributed by atoms with Crippen molar-refractivity contribution in [1.82, 2.24) is 0 Å². The molecule has 78 valence electrons. The Balaban J connectivity index is 2.86. The number of carbonyl (C=O) groups excluding carboxylic acids is 1. The zero-order valence-corrected chi connectivity index (χ0v) is 9.63. The van der Waals surface area contributed by atoms with Gasteiger partial charge in [0.2, 0.25) is 0 Å². The van der Waals surface area contributed by atoms with Gasteiger partial charge in [0.05, 0.1) is 0 Å². The lowest BCUT2D eigenvalue weighted by atomic mass is 9.68. The minimum atomic E-state index is 0.138. The van der Waals surface area contributed by atoms with Gasteiger partial charge in [0.25, 0.3) is 0 Å². The molecule has 0 aromatic heterocycles. The van der Waals surface area contributed by atoms with Gasteiger partial charge in [-0.05, 0) is 38.2 Å². The largest absolute Gasteiger partial charge is 0.295 e. The van der Waals surface area contributed by atoms with E-state index in [2.05, 4.69) is 32.9 Å². The van der Waals surface area contributed by atoms with E-state index < -0.39 is 0 Å². The molecule has 0 amide bonds. The average molecular weight is 192 g/mol. The Bertz CT molecular complexity index is 282. The van der Waals surface area contributed by atoms with Gasteiger partial charge in [-0.2, -0.15) is 0 Å². The van der Waals surface area contributed by atoms with E-state index in [0.717, 1.165) is 0 Å². The predicted molar refractivity (Wildman–Crippen MR) is 60.1 cm³/mol. The van der Waals surface area contributed by atoms with E-state index in [4.69, 9.17) is 0 Å². The molecule has 1 atom stereocenters. The van der Waals surface area contributed by atoms with Crippen LogP contribution in [0.3, 0.4) is 0 Å². The van der Waals surface area contributed by atoms with Crippen molar-refractivity contribution in [2.45, 2.75) is 40.5 Å². The number of hydrogen-bond donors (Lipinski definition) is 0. The second-order valence-corrected chi connectivity index (χ2v) is 4.92. The van der Waals surface area contributed by atoms with Crippen molar-refractivity contribution in [1.29, 1.82) is 0 Å². The van der Waals surface area contributed by atoms with Crippen molar-refractivity contribution in [2.75, 3.05) is 0 Å². The Kier molecular flexibility index (Phi) is 3.30. The molecule has 0 saturated carbocycles. The van der Waals surface area contributed by atoms with Crippen LogP contribution in [0.25, 0.3) is 0 Å². The number of allylic oxidation sites excluding steroid dienone is 4. The summed E-state index contributed by atoms with van der Waals surface area (Å²) >= 11 is 0. The smallest absolute Gasteiger partial charge is 0.152 e. The summed E-state index contributed by atoms with van der Waals surface area (Å²) < 4.78 is 0. The van der Waals surface area contributed by atoms with Gasteiger partial charge in [-0.25, -0.2) is 0 Å². The molecule has 1 rings (SSSR count). The quantitative estimate of drug-likeness (QED) is 0.483. The lowest BCUT2D eigenvalue weighted by Crippen LogP contribution is -2.26. The molecule has 0 N–H and O–H groups in total. The Morgan fingerprint density at radius 3 is 2.71 bits per heavy atom. The maximum atomic E-state index is 10.9. The van der Waals surface area contributed by atoms with Gasteiger partial charge in [-0.15, -0.1) is 0 Å². The van der Waals surface area contributed by atoms with Gasteiger partial charge in [0.1, 0.15) is 0 Å². The lowest BCUT2D eigenvalue weighted by Gasteiger charge is -2.36. The molecule has 0 heterocycles. The standard InChI is InChI=1S/C13H20O/c1-10-6-5-9-13(3,4)12(10)8-7-11(2)14/h6-8,12H,5,9H2,1-4H3/t12-/m0/s1. The first kappa shape index (κ1) is 11.2. The third-order valence-electron chi connectivity index (χ3n) is 3.11. The number of carbonyl (C=O) groups is 1. The Morgan fingerprint density at radius 2 is 2.21 bits per heavy atom. The first-order chi connectivity index (χ1) is 6.43. The van der Waals surface area contributed by atoms with E-state index in [-0.39, 0.29) is 5.78 Å². The molecule has 1 nitrogen and oxygen atoms in total. The summed E-state index contributed by atoms with van der Waals surface area (Å²) in [5.41, 5.74) is 1.70. The minimum absolute atomic E-state index is 0.138. The summed E-state index contributed by atoms with van der Waals surface area (Å²) in [6.07, 6.45) is 8.43. The zero-order chi connectivity index (χ0) is 10.8. The highest BCUT2D eigenvalue weighted by atomic mass is 16.1. The van der Waals surface area contributed by atoms with Crippen LogP contribution in [0.2, 0.25) is 0 Å². The van der Waals surface area contributed by atoms with E-state index in [9.17, 15) is 4.79 Å². The average Bonchev–Trinajstić information content (AvgIpc) is 2.01. The summed E-state index contributed by atoms with van der Waals surface area (Å²) in [4.78, 5) is 10.9. The fourth-order valence-electron chi connectivity index (χ4n) is 2.21. The van der Waals surface area contributed by atoms with Gasteiger partial charge < -0.3 is 0 Å². The van der Waals surface area contributed by atoms with Gasteiger partial charge in [-0.1, -0.05) is 31.6 Å². The van der Waals surface area contributed by atoms with Crippen LogP contribution >= 0.6 is 0 Å². The normalized spacial score (nSPS) is 26.3. The molecule has 1 aliphatic carbocycles. The molecule has 14 heavy (non-hydrogen) atoms. The van der Waals surface area contributed by atoms with Crippen LogP contribution in [0.1, 0.15) is 40.5 Å². The maximum Gasteiger partial charge on any atom is 0.152 e. The van der Waals surface area contributed by atoms with Crippen LogP contribution in [-0.4, -0.2) is 5.78 Å². The SMILES string of the molecule is CC(=O)C=C[C@H]1C(C)=CCCC1(C)C. The van der Waals surface area contributed by atoms with E-state index in [1.165, 1.54) is 18.4 Å². The van der Waals surface area contributed by atoms with Crippen molar-refractivity contribution in [2.24, 2.45) is 11.3 Å². The van der Waals surface area contributed by atoms with Crippen molar-refractivity contribution < 1.29 is 4.79 Å². The first-order valence-electron chi connectivity index (χ1n) is 5.29. The van der Waals surface area contributed by atoms with Gasteiger partial charge in [-0.3, -0.25) is 4.79 Å². The molecular formula is C13H20O. The summed E-state index contributed by atoms with van der Waals surface area (Å²) in [5.74, 6) is 0.569. The molecule has 1 aliphatic rings. The number of hydrogen-bond acceptors (Lipinski definition) is 1. The second-order valence-electron chi connectivity index (χ2n) is 4.92. The molecule has 0 unspecified atom stereocenters. The second kappa shape index (κ2) is 4.12. The van der Waals surface area contributed by atoms with Crippen LogP contribution in [-0.2, 0) is 4.79 Å². The van der Waals surface area contributed by atoms with Crippen LogP contribution < -0.4 is 0 Å². The van der Waals surface area contributed by atoms with Gasteiger partial charge >= 0.3 is 0 Å². The maximum absolute atomic E-state index is 10.9. The molecule has 0 spiro atoms. The molecule has 0 bridgehead atoms. The monoisotopic (exact) mass is 192 g/mol. The molecule has 0 fully saturated rings. The highest BCUT2D eigenvalue weighted by Gasteiger charge is 2.30. The fourth-order valence-corrected chi connectivity index (χ4v) is 2.21. The van der Waals surface area contributed by atoms with Crippen molar-refractivity contribution in [3.05, 3.63) is 23.8 Å². The molecule has 0 aromatic rings. The van der Waals surface area contributed by atoms with E-state index in [1.54, 1.807) is 13.0 Å². The predicted octanol–water partition coefficient (Wildman–Crippen LogP) is 3.51. The van der Waals surface area contributed by atoms with Gasteiger partial charge in [0.15, 0.2) is 5.78 Å². The molecule has 1 heteroatoms. The summed E-state index contributed by atoms with van der Waals surface area (Å²) in [5, 5.41) is 0. The third-order valence-corrected chi connectivity index (χ3v) is 3.11. The van der Waals surface area contributed by atoms with Crippen molar-refractivity contribution in [3.8, 4) is 0 Å². The molecule has 0 radical (unpaired) electrons. The Morgan fingerprint density at radius 1 is 1.57 bits per heavy atom. The number of ketones is 1. The minimum Gasteiger partial charge on any atom is -0.295 e. The summed E-state index contributed by atoms with van der Waals surface area (Å²) in [7, 11) is 0. The third kappa shape index (κ3) is 2.57. The molecule has 0 saturated heterocycles. The molecular weight excluding hydrogens is 172 g/mol. The lowest BCUT2D eigenvalue weighted by molar-refractivity contribution is -0.112. The topological polar surface area (TPSA) is 17.1 Å². The number of rotatable bonds is 2. The highest BCUT2D eigenvalue weighted by molar-refractivity contribution is 5.87. The molecule has 0 aromatic carbocycles. The highest BCUT2D eigenvalue weighted by Crippen LogP contribution is 2.41. The summed E-state index contributed by atoms with van der Waals surface area (Å²) in [6.45, 7) is 8.32. The van der Waals surface area contributed by atoms with Crippen molar-refractivity contribution >= 4 is 5.78 Å². The van der Waals surface area contributed by atoms with Gasteiger partial charge in [0, 0.05) is 5.92 Å². The fraction of sp³-hybridized carbons (Fsp3) is 0.615. The first-order valence-corrected chi connectivity index (χ1v) is 5.29. The van der Waals surface area contributed by atoms with Crippen LogP contribution in [0, 0.1) is 11.3 Å². The zero-order valence-electron chi connectivity index (χ0n) is 9.63. The summed E-state index contributed by atoms with van der Waals surface area (Å²) in [6, 6.07) is 0.